The summed E-state index contributed by atoms with van der Waals surface area (Å²) in [5.74, 6) is 2.24. The Morgan fingerprint density at radius 3 is 2.87 bits per heavy atom. The highest BCUT2D eigenvalue weighted by atomic mass is 16.3. The average Bonchev–Trinajstić information content (AvgIpc) is 3.25. The third kappa shape index (κ3) is 1.85. The average molecular weight is 311 g/mol. The van der Waals surface area contributed by atoms with Gasteiger partial charge >= 0.3 is 0 Å². The zero-order valence-electron chi connectivity index (χ0n) is 14.5. The van der Waals surface area contributed by atoms with Gasteiger partial charge in [-0.3, -0.25) is 4.90 Å². The molecule has 1 aromatic carbocycles. The van der Waals surface area contributed by atoms with Gasteiger partial charge in [0.2, 0.25) is 0 Å². The van der Waals surface area contributed by atoms with Crippen molar-refractivity contribution < 1.29 is 5.11 Å². The molecule has 4 aliphatic rings. The summed E-state index contributed by atoms with van der Waals surface area (Å²) in [4.78, 5) is 2.85. The van der Waals surface area contributed by atoms with Gasteiger partial charge in [0.15, 0.2) is 0 Å². The highest BCUT2D eigenvalue weighted by Crippen LogP contribution is 2.66. The zero-order chi connectivity index (χ0) is 15.8. The Hall–Kier alpha value is -1.02. The van der Waals surface area contributed by atoms with Crippen LogP contribution in [0.25, 0.3) is 0 Å². The first-order chi connectivity index (χ1) is 11.0. The van der Waals surface area contributed by atoms with Crippen molar-refractivity contribution in [3.8, 4) is 5.75 Å². The smallest absolute Gasteiger partial charge is 0.115 e. The van der Waals surface area contributed by atoms with Crippen LogP contribution in [0.1, 0.15) is 57.1 Å². The number of piperidine rings is 1. The highest BCUT2D eigenvalue weighted by Gasteiger charge is 2.64. The fraction of sp³-hybridized carbons (Fsp3) is 0.714. The summed E-state index contributed by atoms with van der Waals surface area (Å²) in [7, 11) is 0. The molecule has 1 aliphatic heterocycles. The second-order valence-corrected chi connectivity index (χ2v) is 9.26. The maximum atomic E-state index is 10.1. The van der Waals surface area contributed by atoms with Gasteiger partial charge in [-0.2, -0.15) is 0 Å². The van der Waals surface area contributed by atoms with Crippen LogP contribution in [0.15, 0.2) is 18.2 Å². The van der Waals surface area contributed by atoms with Crippen LogP contribution in [0.5, 0.6) is 5.75 Å². The number of aromatic hydroxyl groups is 1. The number of phenolic OH excluding ortho intramolecular Hbond substituents is 1. The van der Waals surface area contributed by atoms with E-state index in [9.17, 15) is 5.11 Å². The molecule has 0 radical (unpaired) electrons. The van der Waals surface area contributed by atoms with E-state index < -0.39 is 0 Å². The van der Waals surface area contributed by atoms with Gasteiger partial charge in [-0.05, 0) is 85.6 Å². The summed E-state index contributed by atoms with van der Waals surface area (Å²) in [5, 5.41) is 10.1. The molecule has 2 heteroatoms. The fourth-order valence-electron chi connectivity index (χ4n) is 6.71. The van der Waals surface area contributed by atoms with Crippen LogP contribution in [0.4, 0.5) is 0 Å². The van der Waals surface area contributed by atoms with Crippen molar-refractivity contribution in [1.82, 2.24) is 4.90 Å². The standard InChI is InChI=1S/C21H29NO/c1-14-11-20(2)19-9-16-5-6-17(23)10-18(16)21(20,12-14)7-8-22(19)13-15-3-4-15/h5-6,10,14-15,19,23H,3-4,7-9,11-13H2,1-2H3. The first-order valence-corrected chi connectivity index (χ1v) is 9.58. The molecule has 0 spiro atoms. The van der Waals surface area contributed by atoms with Gasteiger partial charge in [0.25, 0.3) is 0 Å². The van der Waals surface area contributed by atoms with Crippen molar-refractivity contribution in [2.45, 2.75) is 63.8 Å². The molecule has 0 amide bonds. The molecule has 5 rings (SSSR count). The molecule has 23 heavy (non-hydrogen) atoms. The van der Waals surface area contributed by atoms with Gasteiger partial charge in [-0.1, -0.05) is 19.9 Å². The monoisotopic (exact) mass is 311 g/mol. The molecule has 2 nitrogen and oxygen atoms in total. The first kappa shape index (κ1) is 14.3. The van der Waals surface area contributed by atoms with Crippen LogP contribution in [0, 0.1) is 17.3 Å². The summed E-state index contributed by atoms with van der Waals surface area (Å²) in [6, 6.07) is 6.93. The van der Waals surface area contributed by atoms with Gasteiger partial charge in [-0.25, -0.2) is 0 Å². The van der Waals surface area contributed by atoms with Gasteiger partial charge in [0, 0.05) is 18.0 Å². The number of hydrogen-bond donors (Lipinski definition) is 1. The largest absolute Gasteiger partial charge is 0.508 e. The quantitative estimate of drug-likeness (QED) is 0.888. The first-order valence-electron chi connectivity index (χ1n) is 9.58. The molecule has 1 heterocycles. The highest BCUT2D eigenvalue weighted by molar-refractivity contribution is 5.47. The summed E-state index contributed by atoms with van der Waals surface area (Å²) in [5.41, 5.74) is 3.70. The van der Waals surface area contributed by atoms with E-state index in [2.05, 4.69) is 30.9 Å². The number of fused-ring (bicyclic) bond motifs is 1. The van der Waals surface area contributed by atoms with Gasteiger partial charge in [0.1, 0.15) is 5.75 Å². The van der Waals surface area contributed by atoms with Crippen molar-refractivity contribution in [1.29, 1.82) is 0 Å². The molecule has 2 saturated carbocycles. The molecule has 0 aromatic heterocycles. The van der Waals surface area contributed by atoms with E-state index >= 15 is 0 Å². The van der Waals surface area contributed by atoms with Crippen molar-refractivity contribution >= 4 is 0 Å². The number of nitrogens with zero attached hydrogens (tertiary/aromatic N) is 1. The Bertz CT molecular complexity index is 651. The van der Waals surface area contributed by atoms with Crippen LogP contribution in [-0.2, 0) is 11.8 Å². The summed E-state index contributed by atoms with van der Waals surface area (Å²) in [6.07, 6.45) is 8.04. The second kappa shape index (κ2) is 4.53. The minimum absolute atomic E-state index is 0.309. The van der Waals surface area contributed by atoms with Crippen LogP contribution in [0.3, 0.4) is 0 Å². The number of rotatable bonds is 2. The molecular weight excluding hydrogens is 282 g/mol. The Kier molecular flexibility index (Phi) is 2.83. The lowest BCUT2D eigenvalue weighted by atomic mass is 9.51. The molecule has 124 valence electrons. The summed E-state index contributed by atoms with van der Waals surface area (Å²) in [6.45, 7) is 7.62. The minimum Gasteiger partial charge on any atom is -0.508 e. The predicted octanol–water partition coefficient (Wildman–Crippen LogP) is 4.11. The van der Waals surface area contributed by atoms with Crippen molar-refractivity contribution in [2.24, 2.45) is 17.3 Å². The van der Waals surface area contributed by atoms with E-state index in [1.54, 1.807) is 0 Å². The van der Waals surface area contributed by atoms with Gasteiger partial charge in [0.05, 0.1) is 0 Å². The Balaban J connectivity index is 1.64. The van der Waals surface area contributed by atoms with E-state index in [-0.39, 0.29) is 0 Å². The molecule has 2 bridgehead atoms. The number of hydrogen-bond acceptors (Lipinski definition) is 2. The summed E-state index contributed by atoms with van der Waals surface area (Å²) < 4.78 is 0. The van der Waals surface area contributed by atoms with Crippen molar-refractivity contribution in [3.63, 3.8) is 0 Å². The van der Waals surface area contributed by atoms with Crippen molar-refractivity contribution in [3.05, 3.63) is 29.3 Å². The van der Waals surface area contributed by atoms with Crippen LogP contribution in [-0.4, -0.2) is 29.1 Å². The molecule has 1 saturated heterocycles. The Morgan fingerprint density at radius 2 is 2.09 bits per heavy atom. The molecule has 3 fully saturated rings. The van der Waals surface area contributed by atoms with Gasteiger partial charge < -0.3 is 5.11 Å². The Labute approximate surface area is 139 Å². The van der Waals surface area contributed by atoms with Crippen molar-refractivity contribution in [2.75, 3.05) is 13.1 Å². The number of benzene rings is 1. The topological polar surface area (TPSA) is 23.5 Å². The lowest BCUT2D eigenvalue weighted by Crippen LogP contribution is -2.63. The molecule has 3 aliphatic carbocycles. The predicted molar refractivity (Wildman–Crippen MR) is 92.7 cm³/mol. The number of phenols is 1. The minimum atomic E-state index is 0.309. The molecule has 4 atom stereocenters. The normalized spacial score (nSPS) is 42.3. The van der Waals surface area contributed by atoms with E-state index in [1.165, 1.54) is 62.7 Å². The lowest BCUT2D eigenvalue weighted by molar-refractivity contribution is -0.0406. The molecule has 1 aromatic rings. The van der Waals surface area contributed by atoms with Crippen LogP contribution in [0.2, 0.25) is 0 Å². The summed E-state index contributed by atoms with van der Waals surface area (Å²) >= 11 is 0. The molecule has 4 unspecified atom stereocenters. The maximum absolute atomic E-state index is 10.1. The fourth-order valence-corrected chi connectivity index (χ4v) is 6.71. The van der Waals surface area contributed by atoms with Gasteiger partial charge in [-0.15, -0.1) is 0 Å². The van der Waals surface area contributed by atoms with E-state index in [1.807, 2.05) is 6.07 Å². The number of likely N-dealkylation sites (tertiary alicyclic amines) is 1. The lowest BCUT2D eigenvalue weighted by Gasteiger charge is -2.61. The zero-order valence-corrected chi connectivity index (χ0v) is 14.5. The van der Waals surface area contributed by atoms with E-state index in [4.69, 9.17) is 0 Å². The second-order valence-electron chi connectivity index (χ2n) is 9.26. The molecule has 1 N–H and O–H groups in total. The maximum Gasteiger partial charge on any atom is 0.115 e. The van der Waals surface area contributed by atoms with Crippen LogP contribution >= 0.6 is 0 Å². The van der Waals surface area contributed by atoms with E-state index in [0.29, 0.717) is 22.6 Å². The van der Waals surface area contributed by atoms with E-state index in [0.717, 1.165) is 11.8 Å². The third-order valence-corrected chi connectivity index (χ3v) is 7.78. The van der Waals surface area contributed by atoms with Crippen LogP contribution < -0.4 is 0 Å². The third-order valence-electron chi connectivity index (χ3n) is 7.78. The SMILES string of the molecule is CC1CC23CCN(CC4CC4)C(Cc4ccc(O)cc42)C3(C)C1. The molecular formula is C21H29NO. The Morgan fingerprint density at radius 1 is 1.26 bits per heavy atom.